The number of carbonyl (C=O) groups is 1. The van der Waals surface area contributed by atoms with E-state index in [-0.39, 0.29) is 5.91 Å². The second-order valence-corrected chi connectivity index (χ2v) is 6.96. The highest BCUT2D eigenvalue weighted by atomic mass is 35.5. The van der Waals surface area contributed by atoms with Crippen molar-refractivity contribution in [2.45, 2.75) is 44.8 Å². The highest BCUT2D eigenvalue weighted by Gasteiger charge is 2.37. The van der Waals surface area contributed by atoms with Crippen LogP contribution in [-0.2, 0) is 11.3 Å². The molecule has 0 aliphatic carbocycles. The standard InChI is InChI=1S/C18H20ClN3O/c1-11-14-4-2-3-5-15(14)21-16(18(11)19)10-22-12-6-7-13(22)9-20-17(23)8-12/h2-5,12-13H,6-10H2,1H3,(H,20,23). The van der Waals surface area contributed by atoms with Crippen molar-refractivity contribution in [1.82, 2.24) is 15.2 Å². The monoisotopic (exact) mass is 329 g/mol. The van der Waals surface area contributed by atoms with E-state index in [0.29, 0.717) is 18.5 Å². The summed E-state index contributed by atoms with van der Waals surface area (Å²) in [5.74, 6) is 0.163. The Kier molecular flexibility index (Phi) is 3.74. The molecular weight excluding hydrogens is 310 g/mol. The van der Waals surface area contributed by atoms with E-state index in [4.69, 9.17) is 16.6 Å². The van der Waals surface area contributed by atoms with E-state index >= 15 is 0 Å². The number of carbonyl (C=O) groups excluding carboxylic acids is 1. The molecule has 2 fully saturated rings. The van der Waals surface area contributed by atoms with Crippen molar-refractivity contribution < 1.29 is 4.79 Å². The van der Waals surface area contributed by atoms with Gasteiger partial charge in [0.2, 0.25) is 5.91 Å². The number of benzene rings is 1. The molecule has 2 atom stereocenters. The quantitative estimate of drug-likeness (QED) is 0.921. The third kappa shape index (κ3) is 2.60. The SMILES string of the molecule is Cc1c(Cl)c(CN2C3CCC2CC(=O)NC3)nc2ccccc12. The lowest BCUT2D eigenvalue weighted by Crippen LogP contribution is -2.37. The van der Waals surface area contributed by atoms with Gasteiger partial charge in [-0.25, -0.2) is 4.98 Å². The fourth-order valence-electron chi connectivity index (χ4n) is 3.92. The van der Waals surface area contributed by atoms with Gasteiger partial charge in [-0.05, 0) is 31.4 Å². The minimum atomic E-state index is 0.163. The molecule has 2 bridgehead atoms. The van der Waals surface area contributed by atoms with Gasteiger partial charge >= 0.3 is 0 Å². The van der Waals surface area contributed by atoms with Crippen molar-refractivity contribution >= 4 is 28.4 Å². The van der Waals surface area contributed by atoms with Crippen molar-refractivity contribution in [3.63, 3.8) is 0 Å². The Morgan fingerprint density at radius 3 is 2.96 bits per heavy atom. The van der Waals surface area contributed by atoms with Crippen LogP contribution in [0.5, 0.6) is 0 Å². The molecule has 2 aliphatic heterocycles. The first-order chi connectivity index (χ1) is 11.1. The zero-order valence-electron chi connectivity index (χ0n) is 13.2. The number of aromatic nitrogens is 1. The van der Waals surface area contributed by atoms with Gasteiger partial charge in [-0.3, -0.25) is 9.69 Å². The van der Waals surface area contributed by atoms with Gasteiger partial charge < -0.3 is 5.32 Å². The number of nitrogens with one attached hydrogen (secondary N) is 1. The number of para-hydroxylation sites is 1. The predicted molar refractivity (Wildman–Crippen MR) is 91.5 cm³/mol. The third-order valence-electron chi connectivity index (χ3n) is 5.21. The molecule has 2 unspecified atom stereocenters. The predicted octanol–water partition coefficient (Wildman–Crippen LogP) is 3.05. The molecule has 1 aromatic carbocycles. The van der Waals surface area contributed by atoms with Gasteiger partial charge in [-0.15, -0.1) is 0 Å². The van der Waals surface area contributed by atoms with Crippen molar-refractivity contribution in [3.05, 3.63) is 40.5 Å². The second-order valence-electron chi connectivity index (χ2n) is 6.58. The summed E-state index contributed by atoms with van der Waals surface area (Å²) < 4.78 is 0. The highest BCUT2D eigenvalue weighted by molar-refractivity contribution is 6.32. The minimum Gasteiger partial charge on any atom is -0.354 e. The highest BCUT2D eigenvalue weighted by Crippen LogP contribution is 2.33. The summed E-state index contributed by atoms with van der Waals surface area (Å²) in [5, 5.41) is 4.88. The molecule has 1 N–H and O–H groups in total. The van der Waals surface area contributed by atoms with Crippen LogP contribution < -0.4 is 5.32 Å². The van der Waals surface area contributed by atoms with Crippen LogP contribution in [0.4, 0.5) is 0 Å². The molecule has 4 rings (SSSR count). The third-order valence-corrected chi connectivity index (χ3v) is 5.71. The van der Waals surface area contributed by atoms with Crippen molar-refractivity contribution in [2.24, 2.45) is 0 Å². The van der Waals surface area contributed by atoms with E-state index < -0.39 is 0 Å². The van der Waals surface area contributed by atoms with Gasteiger partial charge in [-0.2, -0.15) is 0 Å². The van der Waals surface area contributed by atoms with E-state index in [1.54, 1.807) is 0 Å². The van der Waals surface area contributed by atoms with Gasteiger partial charge in [-0.1, -0.05) is 29.8 Å². The van der Waals surface area contributed by atoms with E-state index in [1.165, 1.54) is 0 Å². The molecule has 4 nitrogen and oxygen atoms in total. The maximum atomic E-state index is 11.8. The molecular formula is C18H20ClN3O. The summed E-state index contributed by atoms with van der Waals surface area (Å²) in [7, 11) is 0. The number of aryl methyl sites for hydroxylation is 1. The zero-order chi connectivity index (χ0) is 16.0. The maximum absolute atomic E-state index is 11.8. The van der Waals surface area contributed by atoms with Crippen molar-refractivity contribution in [2.75, 3.05) is 6.54 Å². The average Bonchev–Trinajstić information content (AvgIpc) is 2.83. The molecule has 1 aromatic heterocycles. The average molecular weight is 330 g/mol. The summed E-state index contributed by atoms with van der Waals surface area (Å²) in [6.07, 6.45) is 2.80. The summed E-state index contributed by atoms with van der Waals surface area (Å²) in [4.78, 5) is 19.0. The summed E-state index contributed by atoms with van der Waals surface area (Å²) in [6.45, 7) is 3.51. The van der Waals surface area contributed by atoms with Crippen LogP contribution in [0, 0.1) is 6.92 Å². The summed E-state index contributed by atoms with van der Waals surface area (Å²) >= 11 is 6.61. The van der Waals surface area contributed by atoms with Crippen LogP contribution in [0.15, 0.2) is 24.3 Å². The molecule has 2 aromatic rings. The number of hydrogen-bond donors (Lipinski definition) is 1. The molecule has 23 heavy (non-hydrogen) atoms. The maximum Gasteiger partial charge on any atom is 0.221 e. The Labute approximate surface area is 140 Å². The normalized spacial score (nSPS) is 24.7. The second kappa shape index (κ2) is 5.77. The molecule has 5 heteroatoms. The van der Waals surface area contributed by atoms with Gasteiger partial charge in [0.1, 0.15) is 0 Å². The lowest BCUT2D eigenvalue weighted by Gasteiger charge is -2.27. The topological polar surface area (TPSA) is 45.2 Å². The molecule has 120 valence electrons. The molecule has 0 radical (unpaired) electrons. The Balaban J connectivity index is 1.70. The number of nitrogens with zero attached hydrogens (tertiary/aromatic N) is 2. The Bertz CT molecular complexity index is 776. The van der Waals surface area contributed by atoms with Crippen molar-refractivity contribution in [1.29, 1.82) is 0 Å². The van der Waals surface area contributed by atoms with E-state index in [0.717, 1.165) is 53.1 Å². The van der Waals surface area contributed by atoms with Gasteiger partial charge in [0, 0.05) is 37.0 Å². The summed E-state index contributed by atoms with van der Waals surface area (Å²) in [5.41, 5.74) is 3.00. The number of pyridine rings is 1. The number of amides is 1. The Hall–Kier alpha value is -1.65. The number of hydrogen-bond acceptors (Lipinski definition) is 3. The first-order valence-electron chi connectivity index (χ1n) is 8.19. The minimum absolute atomic E-state index is 0.163. The first kappa shape index (κ1) is 14.9. The fourth-order valence-corrected chi connectivity index (χ4v) is 4.13. The molecule has 2 aliphatic rings. The van der Waals surface area contributed by atoms with E-state index in [2.05, 4.69) is 23.2 Å². The molecule has 2 saturated heterocycles. The number of fused-ring (bicyclic) bond motifs is 3. The van der Waals surface area contributed by atoms with Crippen LogP contribution in [0.1, 0.15) is 30.5 Å². The van der Waals surface area contributed by atoms with Crippen LogP contribution in [0.2, 0.25) is 5.02 Å². The molecule has 0 saturated carbocycles. The Morgan fingerprint density at radius 2 is 2.09 bits per heavy atom. The van der Waals surface area contributed by atoms with Crippen LogP contribution in [0.3, 0.4) is 0 Å². The van der Waals surface area contributed by atoms with Crippen molar-refractivity contribution in [3.8, 4) is 0 Å². The lowest BCUT2D eigenvalue weighted by molar-refractivity contribution is -0.121. The Morgan fingerprint density at radius 1 is 1.30 bits per heavy atom. The smallest absolute Gasteiger partial charge is 0.221 e. The van der Waals surface area contributed by atoms with Gasteiger partial charge in [0.05, 0.1) is 16.2 Å². The summed E-state index contributed by atoms with van der Waals surface area (Å²) in [6, 6.07) is 8.82. The van der Waals surface area contributed by atoms with Gasteiger partial charge in [0.25, 0.3) is 0 Å². The fraction of sp³-hybridized carbons (Fsp3) is 0.444. The van der Waals surface area contributed by atoms with Gasteiger partial charge in [0.15, 0.2) is 0 Å². The van der Waals surface area contributed by atoms with Crippen LogP contribution in [-0.4, -0.2) is 34.4 Å². The van der Waals surface area contributed by atoms with Crippen LogP contribution in [0.25, 0.3) is 10.9 Å². The zero-order valence-corrected chi connectivity index (χ0v) is 13.9. The van der Waals surface area contributed by atoms with E-state index in [9.17, 15) is 4.79 Å². The number of halogens is 1. The lowest BCUT2D eigenvalue weighted by atomic mass is 10.1. The molecule has 3 heterocycles. The molecule has 1 amide bonds. The van der Waals surface area contributed by atoms with E-state index in [1.807, 2.05) is 18.2 Å². The molecule has 0 spiro atoms. The first-order valence-corrected chi connectivity index (χ1v) is 8.57. The van der Waals surface area contributed by atoms with Crippen LogP contribution >= 0.6 is 11.6 Å². The largest absolute Gasteiger partial charge is 0.354 e. The number of rotatable bonds is 2.